The van der Waals surface area contributed by atoms with E-state index in [1.165, 1.54) is 35.6 Å². The van der Waals surface area contributed by atoms with Crippen molar-refractivity contribution in [3.05, 3.63) is 74.6 Å². The van der Waals surface area contributed by atoms with Crippen LogP contribution in [0.2, 0.25) is 10.0 Å². The van der Waals surface area contributed by atoms with Crippen LogP contribution in [0.15, 0.2) is 52.7 Å². The number of nitrogens with zero attached hydrogens (tertiary/aromatic N) is 4. The first-order valence-corrected chi connectivity index (χ1v) is 9.25. The summed E-state index contributed by atoms with van der Waals surface area (Å²) in [6.45, 7) is 1.78. The molecule has 0 atom stereocenters. The third-order valence-corrected chi connectivity index (χ3v) is 5.11. The molecule has 0 aliphatic heterocycles. The summed E-state index contributed by atoms with van der Waals surface area (Å²) in [4.78, 5) is 4.40. The molecule has 0 saturated carbocycles. The smallest absolute Gasteiger partial charge is 0.162 e. The molecule has 4 nitrogen and oxygen atoms in total. The van der Waals surface area contributed by atoms with Crippen molar-refractivity contribution in [1.29, 1.82) is 5.26 Å². The first-order chi connectivity index (χ1) is 13.0. The third-order valence-electron chi connectivity index (χ3n) is 3.47. The Kier molecular flexibility index (Phi) is 5.97. The lowest BCUT2D eigenvalue weighted by Crippen LogP contribution is -1.82. The number of nitriles is 1. The van der Waals surface area contributed by atoms with Crippen molar-refractivity contribution in [3.63, 3.8) is 0 Å². The molecule has 0 unspecified atom stereocenters. The maximum absolute atomic E-state index is 12.9. The van der Waals surface area contributed by atoms with Gasteiger partial charge in [-0.1, -0.05) is 40.6 Å². The van der Waals surface area contributed by atoms with Gasteiger partial charge in [-0.3, -0.25) is 0 Å². The number of allylic oxidation sites excluding steroid dienone is 1. The van der Waals surface area contributed by atoms with Crippen molar-refractivity contribution >= 4 is 56.9 Å². The molecule has 0 fully saturated rings. The number of azo groups is 1. The number of thiazole rings is 1. The normalized spacial score (nSPS) is 11.7. The Hall–Kier alpha value is -2.59. The Morgan fingerprint density at radius 3 is 2.59 bits per heavy atom. The second-order valence-electron chi connectivity index (χ2n) is 5.42. The van der Waals surface area contributed by atoms with Gasteiger partial charge in [-0.05, 0) is 55.0 Å². The molecule has 27 heavy (non-hydrogen) atoms. The molecule has 8 heteroatoms. The monoisotopic (exact) mass is 416 g/mol. The molecule has 0 aliphatic rings. The van der Waals surface area contributed by atoms with Gasteiger partial charge in [0.1, 0.15) is 16.9 Å². The van der Waals surface area contributed by atoms with Gasteiger partial charge in [-0.15, -0.1) is 10.2 Å². The Balaban J connectivity index is 1.90. The Morgan fingerprint density at radius 1 is 1.19 bits per heavy atom. The minimum absolute atomic E-state index is 0.338. The van der Waals surface area contributed by atoms with E-state index in [0.717, 1.165) is 0 Å². The zero-order valence-electron chi connectivity index (χ0n) is 13.9. The average molecular weight is 417 g/mol. The van der Waals surface area contributed by atoms with Crippen LogP contribution in [0.5, 0.6) is 0 Å². The Labute approximate surface area is 169 Å². The van der Waals surface area contributed by atoms with Crippen molar-refractivity contribution < 1.29 is 4.39 Å². The zero-order chi connectivity index (χ0) is 19.4. The van der Waals surface area contributed by atoms with Gasteiger partial charge in [0.25, 0.3) is 0 Å². The van der Waals surface area contributed by atoms with Gasteiger partial charge in [-0.25, -0.2) is 9.37 Å². The minimum atomic E-state index is -0.338. The van der Waals surface area contributed by atoms with Crippen LogP contribution < -0.4 is 0 Å². The van der Waals surface area contributed by atoms with E-state index in [1.807, 2.05) is 0 Å². The molecule has 0 N–H and O–H groups in total. The fourth-order valence-electron chi connectivity index (χ4n) is 2.12. The van der Waals surface area contributed by atoms with Crippen LogP contribution in [0.25, 0.3) is 11.6 Å². The van der Waals surface area contributed by atoms with Crippen LogP contribution in [0, 0.1) is 24.1 Å². The molecule has 0 amide bonds. The maximum Gasteiger partial charge on any atom is 0.162 e. The standard InChI is InChI=1S/C19H11Cl2FN4S/c1-11-18(26-25-16-6-4-15(22)5-7-16)27-19(24-11)13(10-23)8-12-2-3-14(20)9-17(12)21/h2-9H,1H3. The van der Waals surface area contributed by atoms with E-state index in [0.29, 0.717) is 42.6 Å². The van der Waals surface area contributed by atoms with Crippen LogP contribution in [-0.2, 0) is 0 Å². The highest BCUT2D eigenvalue weighted by molar-refractivity contribution is 7.16. The predicted octanol–water partition coefficient (Wildman–Crippen LogP) is 7.38. The highest BCUT2D eigenvalue weighted by Gasteiger charge is 2.12. The molecule has 134 valence electrons. The lowest BCUT2D eigenvalue weighted by atomic mass is 10.1. The second kappa shape index (κ2) is 8.40. The van der Waals surface area contributed by atoms with E-state index in [4.69, 9.17) is 23.2 Å². The van der Waals surface area contributed by atoms with Crippen molar-refractivity contribution in [2.75, 3.05) is 0 Å². The van der Waals surface area contributed by atoms with Crippen molar-refractivity contribution in [3.8, 4) is 6.07 Å². The van der Waals surface area contributed by atoms with E-state index >= 15 is 0 Å². The van der Waals surface area contributed by atoms with Gasteiger partial charge >= 0.3 is 0 Å². The Morgan fingerprint density at radius 2 is 1.93 bits per heavy atom. The van der Waals surface area contributed by atoms with Gasteiger partial charge in [0, 0.05) is 10.0 Å². The molecular formula is C19H11Cl2FN4S. The second-order valence-corrected chi connectivity index (χ2v) is 7.24. The summed E-state index contributed by atoms with van der Waals surface area (Å²) >= 11 is 13.3. The van der Waals surface area contributed by atoms with Crippen LogP contribution in [0.4, 0.5) is 15.1 Å². The topological polar surface area (TPSA) is 61.4 Å². The molecule has 0 radical (unpaired) electrons. The van der Waals surface area contributed by atoms with E-state index in [9.17, 15) is 9.65 Å². The van der Waals surface area contributed by atoms with Crippen LogP contribution >= 0.6 is 34.5 Å². The molecule has 1 aromatic heterocycles. The number of benzene rings is 2. The van der Waals surface area contributed by atoms with Gasteiger partial charge < -0.3 is 0 Å². The van der Waals surface area contributed by atoms with Gasteiger partial charge in [0.15, 0.2) is 5.00 Å². The highest BCUT2D eigenvalue weighted by Crippen LogP contribution is 2.34. The number of aromatic nitrogens is 1. The minimum Gasteiger partial charge on any atom is -0.238 e. The van der Waals surface area contributed by atoms with Crippen molar-refractivity contribution in [2.45, 2.75) is 6.92 Å². The van der Waals surface area contributed by atoms with Crippen LogP contribution in [0.3, 0.4) is 0 Å². The van der Waals surface area contributed by atoms with E-state index in [2.05, 4.69) is 21.3 Å². The summed E-state index contributed by atoms with van der Waals surface area (Å²) in [6.07, 6.45) is 1.65. The summed E-state index contributed by atoms with van der Waals surface area (Å²) in [7, 11) is 0. The molecule has 3 aromatic rings. The third kappa shape index (κ3) is 4.77. The quantitative estimate of drug-likeness (QED) is 0.328. The predicted molar refractivity (Wildman–Crippen MR) is 107 cm³/mol. The number of hydrogen-bond acceptors (Lipinski definition) is 5. The average Bonchev–Trinajstić information content (AvgIpc) is 3.01. The molecule has 0 bridgehead atoms. The Bertz CT molecular complexity index is 1080. The largest absolute Gasteiger partial charge is 0.238 e. The summed E-state index contributed by atoms with van der Waals surface area (Å²) in [5.41, 5.74) is 2.19. The first kappa shape index (κ1) is 19.2. The fraction of sp³-hybridized carbons (Fsp3) is 0.0526. The summed E-state index contributed by atoms with van der Waals surface area (Å²) in [5.74, 6) is -0.338. The lowest BCUT2D eigenvalue weighted by Gasteiger charge is -1.99. The number of halogens is 3. The highest BCUT2D eigenvalue weighted by atomic mass is 35.5. The zero-order valence-corrected chi connectivity index (χ0v) is 16.3. The van der Waals surface area contributed by atoms with Crippen LogP contribution in [-0.4, -0.2) is 4.98 Å². The summed E-state index contributed by atoms with van der Waals surface area (Å²) < 4.78 is 12.9. The van der Waals surface area contributed by atoms with Crippen LogP contribution in [0.1, 0.15) is 16.3 Å². The lowest BCUT2D eigenvalue weighted by molar-refractivity contribution is 0.628. The van der Waals surface area contributed by atoms with E-state index in [-0.39, 0.29) is 5.82 Å². The number of rotatable bonds is 4. The SMILES string of the molecule is Cc1nc(C(C#N)=Cc2ccc(Cl)cc2Cl)sc1N=Nc1ccc(F)cc1. The molecular weight excluding hydrogens is 406 g/mol. The van der Waals surface area contributed by atoms with Crippen molar-refractivity contribution in [1.82, 2.24) is 4.98 Å². The molecule has 1 heterocycles. The number of hydrogen-bond donors (Lipinski definition) is 0. The van der Waals surface area contributed by atoms with Crippen molar-refractivity contribution in [2.24, 2.45) is 10.2 Å². The van der Waals surface area contributed by atoms with Gasteiger partial charge in [0.2, 0.25) is 0 Å². The van der Waals surface area contributed by atoms with E-state index < -0.39 is 0 Å². The molecule has 0 aliphatic carbocycles. The first-order valence-electron chi connectivity index (χ1n) is 7.68. The molecule has 2 aromatic carbocycles. The van der Waals surface area contributed by atoms with E-state index in [1.54, 1.807) is 31.2 Å². The maximum atomic E-state index is 12.9. The van der Waals surface area contributed by atoms with Gasteiger partial charge in [0.05, 0.1) is 17.0 Å². The number of aryl methyl sites for hydroxylation is 1. The fourth-order valence-corrected chi connectivity index (χ4v) is 3.44. The van der Waals surface area contributed by atoms with Gasteiger partial charge in [-0.2, -0.15) is 5.26 Å². The molecule has 3 rings (SSSR count). The summed E-state index contributed by atoms with van der Waals surface area (Å²) in [6, 6.07) is 12.9. The summed E-state index contributed by atoms with van der Waals surface area (Å²) in [5, 5.41) is 19.8. The molecule has 0 saturated heterocycles. The molecule has 0 spiro atoms.